The first-order valence-electron chi connectivity index (χ1n) is 42.5. The number of benzene rings is 14. The Kier molecular flexibility index (Phi) is 43.0. The third kappa shape index (κ3) is 32.8. The number of aromatic nitrogens is 2. The number of nitro benzene ring substituents is 2. The van der Waals surface area contributed by atoms with E-state index in [1.54, 1.807) is 142 Å². The number of phenols is 1. The van der Waals surface area contributed by atoms with Gasteiger partial charge in [-0.3, -0.25) is 39.4 Å². The lowest BCUT2D eigenvalue weighted by atomic mass is 9.78. The molecule has 0 aliphatic carbocycles. The van der Waals surface area contributed by atoms with Gasteiger partial charge in [0, 0.05) is 156 Å². The molecule has 43 heteroatoms. The van der Waals surface area contributed by atoms with Crippen molar-refractivity contribution in [2.75, 3.05) is 29.6 Å². The molecule has 1 fully saturated rings. The van der Waals surface area contributed by atoms with E-state index in [9.17, 15) is 70.1 Å². The highest BCUT2D eigenvalue weighted by atomic mass is 79.9. The first-order chi connectivity index (χ1) is 70.0. The molecule has 1 aliphatic rings. The van der Waals surface area contributed by atoms with Crippen LogP contribution >= 0.6 is 129 Å². The second-order valence-electron chi connectivity index (χ2n) is 31.5. The van der Waals surface area contributed by atoms with Crippen LogP contribution in [0.15, 0.2) is 328 Å². The molecule has 16 aromatic rings. The average molecular weight is 2360 g/mol. The van der Waals surface area contributed by atoms with Crippen LogP contribution in [0, 0.1) is 60.9 Å². The lowest BCUT2D eigenvalue weighted by molar-refractivity contribution is -0.385. The zero-order valence-corrected chi connectivity index (χ0v) is 88.2. The van der Waals surface area contributed by atoms with Crippen molar-refractivity contribution in [3.63, 3.8) is 0 Å². The van der Waals surface area contributed by atoms with Crippen molar-refractivity contribution in [3.8, 4) is 85.5 Å². The summed E-state index contributed by atoms with van der Waals surface area (Å²) in [5, 5.41) is 41.3. The van der Waals surface area contributed by atoms with Crippen molar-refractivity contribution in [1.29, 1.82) is 0 Å². The first kappa shape index (κ1) is 118. The summed E-state index contributed by atoms with van der Waals surface area (Å²) in [6.07, 6.45) is 5.66. The van der Waals surface area contributed by atoms with Crippen LogP contribution < -0.4 is 62.8 Å². The van der Waals surface area contributed by atoms with Gasteiger partial charge in [-0.25, -0.2) is 30.7 Å². The van der Waals surface area contributed by atoms with Crippen LogP contribution in [-0.4, -0.2) is 65.8 Å². The third-order valence-corrected chi connectivity index (χ3v) is 24.4. The standard InChI is InChI=1S/C25H18ClFN2O3.C22H16ClFN2O2.C18H20BClFNO3.C12H6BrClFNO3.C12H8BrClFNO.C6H3BrFNO2.C6H4ClFO.C3H3ClO.CH4O/c1-3-24(30)28-15-8-11-23(32-16-9-10-21(26)22(27)13-16)19(12-15)20-14-29(2)25(31)18-7-5-4-6-17(18)20;1-26-12-18(15-4-2-3-5-16(15)22(26)27)17-10-13(25)6-9-21(17)28-14-7-8-19(23)20(24)11-14;1-17(2)18(3,4)25-19(24-17)13-9-11(22)5-8-16(13)23-12-6-7-14(20)15(21)10-12;13-9-5-7(16(17)18)1-4-12(9)19-8-2-3-10(14)11(15)6-8;13-9-5-7(16)1-4-12(9)17-8-2-3-10(14)11(15)6-8;7-5-3-4(9(10)11)1-2-6(5)8;7-5-2-1-4(9)3-6(5)8;1-2-3(4)5;1-2/h3-14H,1H2,2H3,(H,28,30);2-12H,25H2,1H3;5-10H,22H2,1-4H3;1-6H;1-6H,16H2;1-3H;1-3,9H;2H,1H2;2H,1H3. The van der Waals surface area contributed by atoms with Gasteiger partial charge in [-0.05, 0) is 280 Å². The summed E-state index contributed by atoms with van der Waals surface area (Å²) in [6.45, 7) is 14.4. The van der Waals surface area contributed by atoms with Crippen LogP contribution in [0.5, 0.6) is 63.2 Å². The molecule has 0 atom stereocenters. The fraction of sp³-hybridized carbons (Fsp3) is 0.0857. The highest BCUT2D eigenvalue weighted by Crippen LogP contribution is 2.44. The maximum atomic E-state index is 14.0. The molecule has 1 amide bonds. The van der Waals surface area contributed by atoms with Gasteiger partial charge in [0.25, 0.3) is 22.5 Å². The van der Waals surface area contributed by atoms with E-state index in [0.29, 0.717) is 111 Å². The number of non-ortho nitro benzene ring substituents is 2. The second-order valence-corrected chi connectivity index (χ2v) is 36.8. The van der Waals surface area contributed by atoms with E-state index < -0.39 is 74.1 Å². The number of anilines is 4. The van der Waals surface area contributed by atoms with Gasteiger partial charge in [0.2, 0.25) is 11.1 Å². The molecule has 148 heavy (non-hydrogen) atoms. The number of pyridine rings is 2. The highest BCUT2D eigenvalue weighted by molar-refractivity contribution is 9.11. The number of aliphatic hydroxyl groups is 1. The smallest absolute Gasteiger partial charge is 0.498 e. The topological polar surface area (TPSA) is 360 Å². The Labute approximate surface area is 901 Å². The van der Waals surface area contributed by atoms with Crippen LogP contribution in [0.3, 0.4) is 0 Å². The quantitative estimate of drug-likeness (QED) is 0.00884. The second kappa shape index (κ2) is 54.1. The van der Waals surface area contributed by atoms with Gasteiger partial charge < -0.3 is 74.9 Å². The molecule has 1 saturated heterocycles. The minimum atomic E-state index is -0.638. The number of fused-ring (bicyclic) bond motifs is 2. The average Bonchev–Trinajstić information content (AvgIpc) is 1.03. The number of hydrogen-bond acceptors (Lipinski definition) is 20. The summed E-state index contributed by atoms with van der Waals surface area (Å²) in [5.74, 6) is -0.643. The van der Waals surface area contributed by atoms with Gasteiger partial charge in [-0.1, -0.05) is 119 Å². The molecule has 766 valence electrons. The van der Waals surface area contributed by atoms with Crippen LogP contribution in [0.4, 0.5) is 64.9 Å². The van der Waals surface area contributed by atoms with Crippen molar-refractivity contribution < 1.29 is 93.4 Å². The Morgan fingerprint density at radius 2 is 0.730 bits per heavy atom. The van der Waals surface area contributed by atoms with E-state index >= 15 is 0 Å². The van der Waals surface area contributed by atoms with E-state index in [-0.39, 0.29) is 80.3 Å². The van der Waals surface area contributed by atoms with E-state index in [1.165, 1.54) is 106 Å². The molecule has 9 N–H and O–H groups in total. The Morgan fingerprint density at radius 3 is 1.09 bits per heavy atom. The molecule has 3 heterocycles. The molecule has 0 unspecified atom stereocenters. The predicted molar refractivity (Wildman–Crippen MR) is 579 cm³/mol. The number of nitrogen functional groups attached to an aromatic ring is 3. The number of hydrogen-bond donors (Lipinski definition) is 6. The Morgan fingerprint density at radius 1 is 0.412 bits per heavy atom. The molecule has 2 aromatic heterocycles. The zero-order chi connectivity index (χ0) is 109. The van der Waals surface area contributed by atoms with E-state index in [1.807, 2.05) is 58.0 Å². The minimum Gasteiger partial charge on any atom is -0.508 e. The molecule has 25 nitrogen and oxygen atoms in total. The van der Waals surface area contributed by atoms with Gasteiger partial charge in [0.15, 0.2) is 0 Å². The number of nitrogens with one attached hydrogen (secondary N) is 1. The molecular weight excluding hydrogens is 2280 g/mol. The molecule has 14 aromatic carbocycles. The number of ether oxygens (including phenoxy) is 5. The third-order valence-electron chi connectivity index (χ3n) is 20.6. The molecule has 0 bridgehead atoms. The molecule has 0 saturated carbocycles. The van der Waals surface area contributed by atoms with E-state index in [2.05, 4.69) is 66.3 Å². The van der Waals surface area contributed by atoms with Crippen molar-refractivity contribution in [3.05, 3.63) is 430 Å². The lowest BCUT2D eigenvalue weighted by Crippen LogP contribution is -2.41. The maximum absolute atomic E-state index is 14.0. The fourth-order valence-electron chi connectivity index (χ4n) is 12.7. The Hall–Kier alpha value is -14.0. The predicted octanol–water partition coefficient (Wildman–Crippen LogP) is 30.2. The number of aliphatic hydroxyl groups excluding tert-OH is 1. The number of rotatable bonds is 18. The molecule has 0 radical (unpaired) electrons. The van der Waals surface area contributed by atoms with E-state index in [0.717, 1.165) is 59.9 Å². The number of allylic oxidation sites excluding steroid dienone is 1. The highest BCUT2D eigenvalue weighted by Gasteiger charge is 2.53. The first-order valence-corrected chi connectivity index (χ1v) is 47.6. The van der Waals surface area contributed by atoms with Gasteiger partial charge in [0.1, 0.15) is 104 Å². The zero-order valence-electron chi connectivity index (χ0n) is 78.2. The monoisotopic (exact) mass is 2350 g/mol. The number of amides is 1. The summed E-state index contributed by atoms with van der Waals surface area (Å²) < 4.78 is 138. The number of nitrogens with two attached hydrogens (primary N) is 3. The molecule has 1 aliphatic heterocycles. The SMILES string of the molecule is C=CC(=O)Cl.C=CC(=O)Nc1ccc(Oc2ccc(Cl)c(F)c2)c(-c2cn(C)c(=O)c3ccccc23)c1.CC1(C)OB(c2cc(N)ccc2Oc2ccc(Cl)c(F)c2)OC1(C)C.CO.Cn1cc(-c2cc(N)ccc2Oc2ccc(Cl)c(F)c2)c2ccccc2c1=O.Nc1ccc(Oc2ccc(Cl)c(F)c2)c(Br)c1.O=[N+]([O-])c1ccc(F)c(Br)c1.O=[N+]([O-])c1ccc(Oc2ccc(Cl)c(F)c2)c(Br)c1.Oc1ccc(Cl)c(F)c1. The summed E-state index contributed by atoms with van der Waals surface area (Å²) in [7, 11) is 3.72. The van der Waals surface area contributed by atoms with Crippen LogP contribution in [0.2, 0.25) is 30.1 Å². The fourth-order valence-corrected chi connectivity index (χ4v) is 14.7. The van der Waals surface area contributed by atoms with Crippen LogP contribution in [0.1, 0.15) is 27.7 Å². The molecular formula is C105H82BBr3Cl7F7N8O17. The largest absolute Gasteiger partial charge is 0.508 e. The van der Waals surface area contributed by atoms with Crippen molar-refractivity contribution in [2.24, 2.45) is 14.1 Å². The number of nitrogens with zero attached hydrogens (tertiary/aromatic N) is 4. The van der Waals surface area contributed by atoms with Crippen LogP contribution in [0.25, 0.3) is 43.8 Å². The van der Waals surface area contributed by atoms with Gasteiger partial charge in [-0.15, -0.1) is 0 Å². The maximum Gasteiger partial charge on any atom is 0.498 e. The number of carbonyl (C=O) groups excluding carboxylic acids is 2. The van der Waals surface area contributed by atoms with Gasteiger partial charge in [0.05, 0.1) is 64.6 Å². The van der Waals surface area contributed by atoms with Gasteiger partial charge >= 0.3 is 7.12 Å². The lowest BCUT2D eigenvalue weighted by Gasteiger charge is -2.32. The summed E-state index contributed by atoms with van der Waals surface area (Å²) in [4.78, 5) is 66.0. The van der Waals surface area contributed by atoms with E-state index in [4.69, 9.17) is 142 Å². The summed E-state index contributed by atoms with van der Waals surface area (Å²) in [5.41, 5.74) is 21.8. The number of halogens is 17. The van der Waals surface area contributed by atoms with Gasteiger partial charge in [-0.2, -0.15) is 0 Å². The Bertz CT molecular complexity index is 7750. The summed E-state index contributed by atoms with van der Waals surface area (Å²) >= 11 is 47.7. The summed E-state index contributed by atoms with van der Waals surface area (Å²) in [6, 6.07) is 66.9. The normalized spacial score (nSPS) is 11.6. The number of aryl methyl sites for hydroxylation is 2. The Balaban J connectivity index is 0.000000195. The number of carbonyl (C=O) groups is 2. The number of phenolic OH excluding ortho intramolecular Hbond substituents is 1. The minimum absolute atomic E-state index is 0.00452. The molecule has 0 spiro atoms. The van der Waals surface area contributed by atoms with Crippen molar-refractivity contribution in [2.45, 2.75) is 38.9 Å². The van der Waals surface area contributed by atoms with Crippen molar-refractivity contribution in [1.82, 2.24) is 9.13 Å². The van der Waals surface area contributed by atoms with Crippen molar-refractivity contribution >= 4 is 208 Å². The molecule has 17 rings (SSSR count). The van der Waals surface area contributed by atoms with Crippen LogP contribution in [-0.2, 0) is 33.0 Å². The number of aromatic hydroxyl groups is 1. The number of nitro groups is 2.